The maximum absolute atomic E-state index is 11.2. The molecule has 0 radical (unpaired) electrons. The second-order valence-corrected chi connectivity index (χ2v) is 5.97. The second-order valence-electron chi connectivity index (χ2n) is 5.05. The summed E-state index contributed by atoms with van der Waals surface area (Å²) in [5.41, 5.74) is -0.696. The summed E-state index contributed by atoms with van der Waals surface area (Å²) in [6.07, 6.45) is 2.73. The minimum absolute atomic E-state index is 0.105. The molecule has 1 aliphatic carbocycles. The highest BCUT2D eigenvalue weighted by Crippen LogP contribution is 2.47. The lowest BCUT2D eigenvalue weighted by Crippen LogP contribution is -2.40. The van der Waals surface area contributed by atoms with E-state index in [9.17, 15) is 9.90 Å². The molecule has 2 rings (SSSR count). The maximum Gasteiger partial charge on any atom is 0.336 e. The smallest absolute Gasteiger partial charge is 0.336 e. The van der Waals surface area contributed by atoms with Crippen LogP contribution in [0.5, 0.6) is 0 Å². The Balaban J connectivity index is 2.43. The first-order valence-electron chi connectivity index (χ1n) is 6.00. The predicted molar refractivity (Wildman–Crippen MR) is 67.4 cm³/mol. The Bertz CT molecular complexity index is 426. The molecule has 2 N–H and O–H groups in total. The van der Waals surface area contributed by atoms with Crippen molar-refractivity contribution in [2.75, 3.05) is 0 Å². The number of carboxylic acid groups (broad SMARTS) is 1. The molecular formula is C13H18O3S. The van der Waals surface area contributed by atoms with E-state index in [1.807, 2.05) is 6.92 Å². The molecule has 1 fully saturated rings. The molecule has 3 nitrogen and oxygen atoms in total. The van der Waals surface area contributed by atoms with E-state index in [0.29, 0.717) is 17.2 Å². The highest BCUT2D eigenvalue weighted by atomic mass is 32.1. The van der Waals surface area contributed by atoms with Gasteiger partial charge in [-0.15, -0.1) is 11.3 Å². The Morgan fingerprint density at radius 1 is 1.53 bits per heavy atom. The van der Waals surface area contributed by atoms with Crippen LogP contribution in [0.25, 0.3) is 0 Å². The third-order valence-electron chi connectivity index (χ3n) is 4.11. The normalized spacial score (nSPS) is 33.6. The van der Waals surface area contributed by atoms with E-state index in [4.69, 9.17) is 5.11 Å². The van der Waals surface area contributed by atoms with Crippen molar-refractivity contribution in [2.45, 2.75) is 38.7 Å². The van der Waals surface area contributed by atoms with Gasteiger partial charge in [-0.2, -0.15) is 0 Å². The van der Waals surface area contributed by atoms with E-state index in [1.165, 1.54) is 11.3 Å². The van der Waals surface area contributed by atoms with E-state index in [0.717, 1.165) is 12.8 Å². The van der Waals surface area contributed by atoms with Gasteiger partial charge in [0.2, 0.25) is 0 Å². The first-order chi connectivity index (χ1) is 7.97. The van der Waals surface area contributed by atoms with Gasteiger partial charge in [-0.05, 0) is 36.1 Å². The molecule has 1 aliphatic rings. The average molecular weight is 254 g/mol. The van der Waals surface area contributed by atoms with Crippen LogP contribution in [0, 0.1) is 11.8 Å². The molecule has 1 aromatic heterocycles. The fourth-order valence-corrected chi connectivity index (χ4v) is 3.89. The summed E-state index contributed by atoms with van der Waals surface area (Å²) in [6, 6.07) is 1.59. The lowest BCUT2D eigenvalue weighted by molar-refractivity contribution is -0.0665. The molecule has 1 heterocycles. The van der Waals surface area contributed by atoms with Gasteiger partial charge in [-0.1, -0.05) is 20.3 Å². The summed E-state index contributed by atoms with van der Waals surface area (Å²) < 4.78 is 0. The Labute approximate surface area is 105 Å². The van der Waals surface area contributed by atoms with Gasteiger partial charge in [0.1, 0.15) is 5.60 Å². The van der Waals surface area contributed by atoms with Crippen molar-refractivity contribution in [3.63, 3.8) is 0 Å². The second kappa shape index (κ2) is 4.42. The third kappa shape index (κ3) is 2.00. The van der Waals surface area contributed by atoms with Crippen molar-refractivity contribution < 1.29 is 15.0 Å². The van der Waals surface area contributed by atoms with Crippen molar-refractivity contribution >= 4 is 17.3 Å². The van der Waals surface area contributed by atoms with Gasteiger partial charge in [0.15, 0.2) is 0 Å². The molecule has 0 saturated heterocycles. The van der Waals surface area contributed by atoms with Crippen LogP contribution in [-0.2, 0) is 5.60 Å². The number of carbonyl (C=O) groups is 1. The van der Waals surface area contributed by atoms with Crippen LogP contribution in [-0.4, -0.2) is 16.2 Å². The zero-order chi connectivity index (χ0) is 12.6. The highest BCUT2D eigenvalue weighted by Gasteiger charge is 2.44. The van der Waals surface area contributed by atoms with Crippen LogP contribution < -0.4 is 0 Å². The van der Waals surface area contributed by atoms with Gasteiger partial charge in [-0.3, -0.25) is 0 Å². The molecule has 94 valence electrons. The fraction of sp³-hybridized carbons (Fsp3) is 0.615. The number of aliphatic hydroxyl groups is 1. The minimum atomic E-state index is -0.959. The molecule has 17 heavy (non-hydrogen) atoms. The molecule has 4 heteroatoms. The molecule has 0 aromatic carbocycles. The van der Waals surface area contributed by atoms with Gasteiger partial charge >= 0.3 is 5.97 Å². The van der Waals surface area contributed by atoms with Crippen molar-refractivity contribution in [1.29, 1.82) is 0 Å². The number of thiophene rings is 1. The monoisotopic (exact) mass is 254 g/mol. The Morgan fingerprint density at radius 3 is 2.88 bits per heavy atom. The Hall–Kier alpha value is -0.870. The van der Waals surface area contributed by atoms with E-state index in [2.05, 4.69) is 6.92 Å². The Kier molecular flexibility index (Phi) is 3.27. The van der Waals surface area contributed by atoms with E-state index in [1.54, 1.807) is 11.4 Å². The molecule has 0 aliphatic heterocycles. The highest BCUT2D eigenvalue weighted by molar-refractivity contribution is 7.10. The molecule has 3 unspecified atom stereocenters. The Morgan fingerprint density at radius 2 is 2.24 bits per heavy atom. The number of hydrogen-bond acceptors (Lipinski definition) is 3. The summed E-state index contributed by atoms with van der Waals surface area (Å²) in [5.74, 6) is -0.411. The molecular weight excluding hydrogens is 236 g/mol. The zero-order valence-corrected chi connectivity index (χ0v) is 11.0. The maximum atomic E-state index is 11.2. The van der Waals surface area contributed by atoms with Gasteiger partial charge in [0, 0.05) is 0 Å². The molecule has 0 spiro atoms. The number of aromatic carboxylic acids is 1. The fourth-order valence-electron chi connectivity index (χ4n) is 2.78. The van der Waals surface area contributed by atoms with Crippen molar-refractivity contribution in [1.82, 2.24) is 0 Å². The van der Waals surface area contributed by atoms with Crippen LogP contribution in [0.4, 0.5) is 0 Å². The molecule has 1 aromatic rings. The summed E-state index contributed by atoms with van der Waals surface area (Å²) >= 11 is 1.36. The molecule has 0 bridgehead atoms. The van der Waals surface area contributed by atoms with Crippen molar-refractivity contribution in [3.8, 4) is 0 Å². The third-order valence-corrected chi connectivity index (χ3v) is 5.19. The van der Waals surface area contributed by atoms with E-state index >= 15 is 0 Å². The molecule has 1 saturated carbocycles. The lowest BCUT2D eigenvalue weighted by Gasteiger charge is -2.41. The van der Waals surface area contributed by atoms with Crippen molar-refractivity contribution in [2.24, 2.45) is 11.8 Å². The van der Waals surface area contributed by atoms with Crippen LogP contribution in [0.15, 0.2) is 11.4 Å². The number of hydrogen-bond donors (Lipinski definition) is 2. The van der Waals surface area contributed by atoms with Crippen molar-refractivity contribution in [3.05, 3.63) is 21.9 Å². The number of rotatable bonds is 2. The molecule has 0 amide bonds. The average Bonchev–Trinajstić information content (AvgIpc) is 2.75. The summed E-state index contributed by atoms with van der Waals surface area (Å²) in [4.78, 5) is 11.8. The summed E-state index contributed by atoms with van der Waals surface area (Å²) in [7, 11) is 0. The van der Waals surface area contributed by atoms with Crippen LogP contribution in [0.2, 0.25) is 0 Å². The minimum Gasteiger partial charge on any atom is -0.478 e. The number of carboxylic acids is 1. The van der Waals surface area contributed by atoms with Crippen LogP contribution in [0.3, 0.4) is 0 Å². The SMILES string of the molecule is CC1CCCC(O)(c2sccc2C(=O)O)C1C. The summed E-state index contributed by atoms with van der Waals surface area (Å²) in [5, 5.41) is 21.7. The van der Waals surface area contributed by atoms with Gasteiger partial charge in [-0.25, -0.2) is 4.79 Å². The largest absolute Gasteiger partial charge is 0.478 e. The quantitative estimate of drug-likeness (QED) is 0.852. The van der Waals surface area contributed by atoms with Gasteiger partial charge in [0.05, 0.1) is 10.4 Å². The van der Waals surface area contributed by atoms with E-state index < -0.39 is 11.6 Å². The van der Waals surface area contributed by atoms with E-state index in [-0.39, 0.29) is 11.5 Å². The molecule has 3 atom stereocenters. The van der Waals surface area contributed by atoms with Crippen LogP contribution in [0.1, 0.15) is 48.3 Å². The first kappa shape index (κ1) is 12.6. The standard InChI is InChI=1S/C13H18O3S/c1-8-4-3-6-13(16,9(8)2)11-10(12(14)15)5-7-17-11/h5,7-9,16H,3-4,6H2,1-2H3,(H,14,15). The lowest BCUT2D eigenvalue weighted by atomic mass is 9.69. The summed E-state index contributed by atoms with van der Waals surface area (Å²) in [6.45, 7) is 4.15. The first-order valence-corrected chi connectivity index (χ1v) is 6.88. The van der Waals surface area contributed by atoms with Gasteiger partial charge in [0.25, 0.3) is 0 Å². The van der Waals surface area contributed by atoms with Gasteiger partial charge < -0.3 is 10.2 Å². The topological polar surface area (TPSA) is 57.5 Å². The van der Waals surface area contributed by atoms with Crippen LogP contribution >= 0.6 is 11.3 Å². The predicted octanol–water partition coefficient (Wildman–Crippen LogP) is 3.09. The zero-order valence-electron chi connectivity index (χ0n) is 10.1.